The number of fused-ring (bicyclic) bond motifs is 1. The minimum atomic E-state index is -0.453. The van der Waals surface area contributed by atoms with Gasteiger partial charge in [-0.15, -0.1) is 0 Å². The van der Waals surface area contributed by atoms with Gasteiger partial charge in [0.2, 0.25) is 0 Å². The molecule has 8 heteroatoms. The second-order valence-electron chi connectivity index (χ2n) is 7.04. The lowest BCUT2D eigenvalue weighted by atomic mass is 10.1. The zero-order valence-electron chi connectivity index (χ0n) is 17.3. The standard InChI is InChI=1S/C24H20N4O3S/c1-2-18-6-5-8-21-23(18)26-24(32-21)27(16-19-7-3-4-15-25-19)22(29)14-11-17-9-12-20(13-10-17)28(30)31/h3-15H,2,16H2,1H3/b14-11+. The predicted molar refractivity (Wildman–Crippen MR) is 127 cm³/mol. The molecule has 0 saturated carbocycles. The summed E-state index contributed by atoms with van der Waals surface area (Å²) in [6, 6.07) is 17.7. The number of rotatable bonds is 7. The van der Waals surface area contributed by atoms with Crippen molar-refractivity contribution in [3.05, 3.63) is 99.9 Å². The van der Waals surface area contributed by atoms with Crippen LogP contribution in [0.25, 0.3) is 16.3 Å². The van der Waals surface area contributed by atoms with Gasteiger partial charge < -0.3 is 0 Å². The number of benzene rings is 2. The number of amides is 1. The number of nitrogens with zero attached hydrogens (tertiary/aromatic N) is 4. The molecular formula is C24H20N4O3S. The van der Waals surface area contributed by atoms with E-state index in [0.717, 1.165) is 27.9 Å². The highest BCUT2D eigenvalue weighted by Crippen LogP contribution is 2.32. The van der Waals surface area contributed by atoms with E-state index in [1.54, 1.807) is 29.3 Å². The third kappa shape index (κ3) is 4.70. The number of para-hydroxylation sites is 1. The molecule has 0 fully saturated rings. The summed E-state index contributed by atoms with van der Waals surface area (Å²) in [7, 11) is 0. The van der Waals surface area contributed by atoms with Crippen LogP contribution in [0.1, 0.15) is 23.7 Å². The molecular weight excluding hydrogens is 424 g/mol. The number of non-ortho nitro benzene ring substituents is 1. The van der Waals surface area contributed by atoms with Crippen molar-refractivity contribution in [3.8, 4) is 0 Å². The average molecular weight is 445 g/mol. The Hall–Kier alpha value is -3.91. The minimum Gasteiger partial charge on any atom is -0.278 e. The van der Waals surface area contributed by atoms with Crippen molar-refractivity contribution in [2.45, 2.75) is 19.9 Å². The SMILES string of the molecule is CCc1cccc2sc(N(Cc3ccccn3)C(=O)/C=C/c3ccc([N+](=O)[O-])cc3)nc12. The van der Waals surface area contributed by atoms with Gasteiger partial charge in [0, 0.05) is 24.4 Å². The van der Waals surface area contributed by atoms with Crippen molar-refractivity contribution in [1.82, 2.24) is 9.97 Å². The average Bonchev–Trinajstić information content (AvgIpc) is 3.26. The molecule has 0 spiro atoms. The number of anilines is 1. The Morgan fingerprint density at radius 1 is 1.12 bits per heavy atom. The van der Waals surface area contributed by atoms with E-state index in [1.807, 2.05) is 36.4 Å². The summed E-state index contributed by atoms with van der Waals surface area (Å²) in [6.07, 6.45) is 5.65. The molecule has 1 amide bonds. The summed E-state index contributed by atoms with van der Waals surface area (Å²) in [4.78, 5) is 34.3. The van der Waals surface area contributed by atoms with Crippen LogP contribution >= 0.6 is 11.3 Å². The smallest absolute Gasteiger partial charge is 0.269 e. The Balaban J connectivity index is 1.66. The summed E-state index contributed by atoms with van der Waals surface area (Å²) in [6.45, 7) is 2.36. The highest BCUT2D eigenvalue weighted by molar-refractivity contribution is 7.22. The van der Waals surface area contributed by atoms with Crippen molar-refractivity contribution >= 4 is 44.4 Å². The largest absolute Gasteiger partial charge is 0.278 e. The molecule has 7 nitrogen and oxygen atoms in total. The van der Waals surface area contributed by atoms with Crippen molar-refractivity contribution in [2.24, 2.45) is 0 Å². The molecule has 0 bridgehead atoms. The number of carbonyl (C=O) groups excluding carboxylic acids is 1. The molecule has 4 rings (SSSR count). The molecule has 0 aliphatic rings. The van der Waals surface area contributed by atoms with Crippen LogP contribution in [0.5, 0.6) is 0 Å². The predicted octanol–water partition coefficient (Wildman–Crippen LogP) is 5.41. The van der Waals surface area contributed by atoms with E-state index in [1.165, 1.54) is 29.5 Å². The summed E-state index contributed by atoms with van der Waals surface area (Å²) in [5.41, 5.74) is 3.50. The lowest BCUT2D eigenvalue weighted by Crippen LogP contribution is -2.29. The molecule has 2 heterocycles. The second kappa shape index (κ2) is 9.49. The number of hydrogen-bond acceptors (Lipinski definition) is 6. The first-order valence-corrected chi connectivity index (χ1v) is 10.9. The van der Waals surface area contributed by atoms with E-state index in [2.05, 4.69) is 11.9 Å². The number of aromatic nitrogens is 2. The van der Waals surface area contributed by atoms with Crippen LogP contribution in [-0.2, 0) is 17.8 Å². The van der Waals surface area contributed by atoms with E-state index in [-0.39, 0.29) is 18.1 Å². The van der Waals surface area contributed by atoms with Crippen LogP contribution in [0.3, 0.4) is 0 Å². The first-order chi connectivity index (χ1) is 15.5. The zero-order valence-corrected chi connectivity index (χ0v) is 18.2. The number of hydrogen-bond donors (Lipinski definition) is 0. The third-order valence-corrected chi connectivity index (χ3v) is 5.98. The first-order valence-electron chi connectivity index (χ1n) is 10.1. The van der Waals surface area contributed by atoms with E-state index >= 15 is 0 Å². The van der Waals surface area contributed by atoms with Crippen LogP contribution in [0.2, 0.25) is 0 Å². The highest BCUT2D eigenvalue weighted by Gasteiger charge is 2.20. The van der Waals surface area contributed by atoms with Gasteiger partial charge in [-0.1, -0.05) is 36.5 Å². The van der Waals surface area contributed by atoms with E-state index < -0.39 is 4.92 Å². The van der Waals surface area contributed by atoms with Gasteiger partial charge in [0.15, 0.2) is 5.13 Å². The van der Waals surface area contributed by atoms with Crippen LogP contribution in [0, 0.1) is 10.1 Å². The van der Waals surface area contributed by atoms with Gasteiger partial charge in [-0.2, -0.15) is 0 Å². The monoisotopic (exact) mass is 444 g/mol. The Labute approximate surface area is 188 Å². The summed E-state index contributed by atoms with van der Waals surface area (Å²) in [5, 5.41) is 11.4. The molecule has 32 heavy (non-hydrogen) atoms. The van der Waals surface area contributed by atoms with Crippen LogP contribution in [0.4, 0.5) is 10.8 Å². The molecule has 0 saturated heterocycles. The van der Waals surface area contributed by atoms with Crippen molar-refractivity contribution < 1.29 is 9.72 Å². The first kappa shape index (κ1) is 21.3. The molecule has 2 aromatic heterocycles. The maximum absolute atomic E-state index is 13.2. The van der Waals surface area contributed by atoms with Gasteiger partial charge in [-0.25, -0.2) is 4.98 Å². The quantitative estimate of drug-likeness (QED) is 0.216. The van der Waals surface area contributed by atoms with Gasteiger partial charge in [-0.3, -0.25) is 24.8 Å². The fourth-order valence-electron chi connectivity index (χ4n) is 3.25. The number of nitro groups is 1. The van der Waals surface area contributed by atoms with Crippen LogP contribution in [-0.4, -0.2) is 20.8 Å². The molecule has 0 radical (unpaired) electrons. The van der Waals surface area contributed by atoms with Gasteiger partial charge >= 0.3 is 0 Å². The van der Waals surface area contributed by atoms with Gasteiger partial charge in [0.25, 0.3) is 11.6 Å². The number of nitro benzene ring substituents is 1. The molecule has 0 unspecified atom stereocenters. The maximum atomic E-state index is 13.2. The second-order valence-corrected chi connectivity index (χ2v) is 8.05. The lowest BCUT2D eigenvalue weighted by Gasteiger charge is -2.17. The molecule has 0 N–H and O–H groups in total. The Bertz CT molecular complexity index is 1280. The molecule has 4 aromatic rings. The number of thiazole rings is 1. The van der Waals surface area contributed by atoms with Crippen molar-refractivity contribution in [1.29, 1.82) is 0 Å². The van der Waals surface area contributed by atoms with Crippen LogP contribution in [0.15, 0.2) is 72.9 Å². The van der Waals surface area contributed by atoms with Crippen LogP contribution < -0.4 is 4.90 Å². The molecule has 160 valence electrons. The van der Waals surface area contributed by atoms with Gasteiger partial charge in [-0.05, 0) is 54.0 Å². The fourth-order valence-corrected chi connectivity index (χ4v) is 4.27. The Morgan fingerprint density at radius 2 is 1.94 bits per heavy atom. The van der Waals surface area contributed by atoms with E-state index in [0.29, 0.717) is 10.7 Å². The number of pyridine rings is 1. The van der Waals surface area contributed by atoms with Gasteiger partial charge in [0.05, 0.1) is 27.4 Å². The highest BCUT2D eigenvalue weighted by atomic mass is 32.1. The topological polar surface area (TPSA) is 89.2 Å². The molecule has 2 aromatic carbocycles. The summed E-state index contributed by atoms with van der Waals surface area (Å²) >= 11 is 1.47. The number of aryl methyl sites for hydroxylation is 1. The lowest BCUT2D eigenvalue weighted by molar-refractivity contribution is -0.384. The maximum Gasteiger partial charge on any atom is 0.269 e. The fraction of sp³-hybridized carbons (Fsp3) is 0.125. The van der Waals surface area contributed by atoms with Crippen molar-refractivity contribution in [3.63, 3.8) is 0 Å². The van der Waals surface area contributed by atoms with E-state index in [4.69, 9.17) is 4.98 Å². The normalized spacial score (nSPS) is 11.2. The minimum absolute atomic E-state index is 0.00598. The number of carbonyl (C=O) groups is 1. The Morgan fingerprint density at radius 3 is 2.62 bits per heavy atom. The van der Waals surface area contributed by atoms with Gasteiger partial charge in [0.1, 0.15) is 0 Å². The Kier molecular flexibility index (Phi) is 6.32. The third-order valence-electron chi connectivity index (χ3n) is 4.94. The zero-order chi connectivity index (χ0) is 22.5. The summed E-state index contributed by atoms with van der Waals surface area (Å²) in [5.74, 6) is -0.244. The van der Waals surface area contributed by atoms with Crippen molar-refractivity contribution in [2.75, 3.05) is 4.90 Å². The molecule has 0 aliphatic heterocycles. The summed E-state index contributed by atoms with van der Waals surface area (Å²) < 4.78 is 1.03. The van der Waals surface area contributed by atoms with E-state index in [9.17, 15) is 14.9 Å². The molecule has 0 atom stereocenters. The molecule has 0 aliphatic carbocycles.